The van der Waals surface area contributed by atoms with Gasteiger partial charge in [0.05, 0.1) is 2.88 Å². The second kappa shape index (κ2) is 6.02. The van der Waals surface area contributed by atoms with Gasteiger partial charge < -0.3 is 5.32 Å². The minimum absolute atomic E-state index is 0.560. The SMILES string of the molecule is CNC(c1csc(I)c1)C1CCC(C)C(C)C1. The maximum Gasteiger partial charge on any atom is 0.0656 e. The Morgan fingerprint density at radius 3 is 2.65 bits per heavy atom. The Morgan fingerprint density at radius 2 is 2.12 bits per heavy atom. The van der Waals surface area contributed by atoms with Crippen LogP contribution < -0.4 is 5.32 Å². The molecule has 0 aliphatic heterocycles. The van der Waals surface area contributed by atoms with Crippen LogP contribution in [-0.4, -0.2) is 7.05 Å². The smallest absolute Gasteiger partial charge is 0.0656 e. The summed E-state index contributed by atoms with van der Waals surface area (Å²) >= 11 is 4.28. The van der Waals surface area contributed by atoms with E-state index < -0.39 is 0 Å². The third kappa shape index (κ3) is 3.24. The minimum Gasteiger partial charge on any atom is -0.313 e. The lowest BCUT2D eigenvalue weighted by atomic mass is 9.72. The normalized spacial score (nSPS) is 31.4. The predicted molar refractivity (Wildman–Crippen MR) is 84.5 cm³/mol. The molecule has 0 aromatic carbocycles. The van der Waals surface area contributed by atoms with Crippen molar-refractivity contribution in [2.75, 3.05) is 7.05 Å². The van der Waals surface area contributed by atoms with Crippen molar-refractivity contribution in [3.05, 3.63) is 19.9 Å². The third-order valence-corrected chi connectivity index (χ3v) is 6.18. The van der Waals surface area contributed by atoms with Gasteiger partial charge in [-0.2, -0.15) is 0 Å². The quantitative estimate of drug-likeness (QED) is 0.769. The van der Waals surface area contributed by atoms with E-state index in [4.69, 9.17) is 0 Å². The molecule has 0 amide bonds. The number of hydrogen-bond acceptors (Lipinski definition) is 2. The fourth-order valence-electron chi connectivity index (χ4n) is 3.05. The maximum atomic E-state index is 3.54. The van der Waals surface area contributed by atoms with Gasteiger partial charge in [-0.05, 0) is 77.2 Å². The van der Waals surface area contributed by atoms with E-state index in [0.29, 0.717) is 6.04 Å². The monoisotopic (exact) mass is 363 g/mol. The van der Waals surface area contributed by atoms with Gasteiger partial charge >= 0.3 is 0 Å². The van der Waals surface area contributed by atoms with Gasteiger partial charge in [0.15, 0.2) is 0 Å². The molecule has 1 aromatic heterocycles. The zero-order chi connectivity index (χ0) is 12.4. The number of rotatable bonds is 3. The molecule has 1 aliphatic rings. The van der Waals surface area contributed by atoms with Crippen LogP contribution in [0.25, 0.3) is 0 Å². The summed E-state index contributed by atoms with van der Waals surface area (Å²) < 4.78 is 1.40. The second-order valence-electron chi connectivity index (χ2n) is 5.48. The summed E-state index contributed by atoms with van der Waals surface area (Å²) in [6.45, 7) is 4.82. The highest BCUT2D eigenvalue weighted by molar-refractivity contribution is 14.1. The summed E-state index contributed by atoms with van der Waals surface area (Å²) in [6.07, 6.45) is 4.15. The van der Waals surface area contributed by atoms with Crippen LogP contribution in [0.4, 0.5) is 0 Å². The Morgan fingerprint density at radius 1 is 1.35 bits per heavy atom. The van der Waals surface area contributed by atoms with E-state index in [1.807, 2.05) is 11.3 Å². The average molecular weight is 363 g/mol. The number of halogens is 1. The molecular weight excluding hydrogens is 341 g/mol. The third-order valence-electron chi connectivity index (χ3n) is 4.37. The summed E-state index contributed by atoms with van der Waals surface area (Å²) in [4.78, 5) is 0. The van der Waals surface area contributed by atoms with Crippen LogP contribution in [0.5, 0.6) is 0 Å². The molecule has 1 fully saturated rings. The summed E-state index contributed by atoms with van der Waals surface area (Å²) in [5.41, 5.74) is 1.49. The van der Waals surface area contributed by atoms with Crippen LogP contribution in [-0.2, 0) is 0 Å². The van der Waals surface area contributed by atoms with Crippen molar-refractivity contribution >= 4 is 33.9 Å². The molecule has 0 bridgehead atoms. The molecule has 0 saturated heterocycles. The highest BCUT2D eigenvalue weighted by Gasteiger charge is 2.30. The lowest BCUT2D eigenvalue weighted by Gasteiger charge is -2.36. The van der Waals surface area contributed by atoms with Crippen LogP contribution in [0.15, 0.2) is 11.4 Å². The highest BCUT2D eigenvalue weighted by Crippen LogP contribution is 2.40. The highest BCUT2D eigenvalue weighted by atomic mass is 127. The second-order valence-corrected chi connectivity index (χ2v) is 8.28. The van der Waals surface area contributed by atoms with Crippen LogP contribution in [0.1, 0.15) is 44.7 Å². The molecule has 4 atom stereocenters. The summed E-state index contributed by atoms with van der Waals surface area (Å²) in [7, 11) is 2.11. The Balaban J connectivity index is 2.08. The molecule has 0 spiro atoms. The van der Waals surface area contributed by atoms with E-state index in [-0.39, 0.29) is 0 Å². The van der Waals surface area contributed by atoms with Crippen LogP contribution in [0.3, 0.4) is 0 Å². The molecule has 2 rings (SSSR count). The zero-order valence-corrected chi connectivity index (χ0v) is 13.8. The van der Waals surface area contributed by atoms with Crippen molar-refractivity contribution in [1.82, 2.24) is 5.32 Å². The first-order valence-corrected chi connectivity index (χ1v) is 8.48. The van der Waals surface area contributed by atoms with Gasteiger partial charge in [-0.3, -0.25) is 0 Å². The van der Waals surface area contributed by atoms with Crippen LogP contribution in [0, 0.1) is 20.6 Å². The zero-order valence-electron chi connectivity index (χ0n) is 10.9. The van der Waals surface area contributed by atoms with Gasteiger partial charge in [0, 0.05) is 6.04 Å². The van der Waals surface area contributed by atoms with Crippen molar-refractivity contribution in [2.45, 2.75) is 39.2 Å². The Bertz CT molecular complexity index is 363. The molecule has 1 heterocycles. The van der Waals surface area contributed by atoms with Crippen molar-refractivity contribution in [2.24, 2.45) is 17.8 Å². The molecule has 4 unspecified atom stereocenters. The fraction of sp³-hybridized carbons (Fsp3) is 0.714. The van der Waals surface area contributed by atoms with Gasteiger partial charge in [-0.25, -0.2) is 0 Å². The first-order chi connectivity index (χ1) is 8.11. The molecule has 1 nitrogen and oxygen atoms in total. The van der Waals surface area contributed by atoms with Gasteiger partial charge in [-0.15, -0.1) is 11.3 Å². The number of thiophene rings is 1. The standard InChI is InChI=1S/C14H22INS/c1-9-4-5-11(6-10(9)2)14(16-3)12-7-13(15)17-8-12/h7-11,14,16H,4-6H2,1-3H3. The Kier molecular flexibility index (Phi) is 4.89. The van der Waals surface area contributed by atoms with Gasteiger partial charge in [-0.1, -0.05) is 20.3 Å². The van der Waals surface area contributed by atoms with E-state index >= 15 is 0 Å². The largest absolute Gasteiger partial charge is 0.313 e. The lowest BCUT2D eigenvalue weighted by molar-refractivity contribution is 0.175. The topological polar surface area (TPSA) is 12.0 Å². The average Bonchev–Trinajstić information content (AvgIpc) is 2.71. The van der Waals surface area contributed by atoms with Crippen molar-refractivity contribution < 1.29 is 0 Å². The van der Waals surface area contributed by atoms with E-state index in [2.05, 4.69) is 60.2 Å². The summed E-state index contributed by atoms with van der Waals surface area (Å²) in [6, 6.07) is 2.90. The lowest BCUT2D eigenvalue weighted by Crippen LogP contribution is -2.31. The van der Waals surface area contributed by atoms with Gasteiger partial charge in [0.1, 0.15) is 0 Å². The minimum atomic E-state index is 0.560. The van der Waals surface area contributed by atoms with E-state index in [1.165, 1.54) is 27.7 Å². The Hall–Kier alpha value is 0.390. The first-order valence-electron chi connectivity index (χ1n) is 6.53. The number of hydrogen-bond donors (Lipinski definition) is 1. The van der Waals surface area contributed by atoms with Gasteiger partial charge in [0.2, 0.25) is 0 Å². The molecular formula is C14H22INS. The van der Waals surface area contributed by atoms with Crippen molar-refractivity contribution in [3.63, 3.8) is 0 Å². The molecule has 0 radical (unpaired) electrons. The molecule has 96 valence electrons. The van der Waals surface area contributed by atoms with Crippen LogP contribution >= 0.6 is 33.9 Å². The molecule has 3 heteroatoms. The fourth-order valence-corrected chi connectivity index (χ4v) is 4.46. The van der Waals surface area contributed by atoms with E-state index in [1.54, 1.807) is 0 Å². The van der Waals surface area contributed by atoms with Gasteiger partial charge in [0.25, 0.3) is 0 Å². The maximum absolute atomic E-state index is 3.54. The van der Waals surface area contributed by atoms with E-state index in [0.717, 1.165) is 17.8 Å². The molecule has 1 aromatic rings. The van der Waals surface area contributed by atoms with Crippen LogP contribution in [0.2, 0.25) is 0 Å². The summed E-state index contributed by atoms with van der Waals surface area (Å²) in [5.74, 6) is 2.60. The molecule has 1 aliphatic carbocycles. The molecule has 1 N–H and O–H groups in total. The molecule has 17 heavy (non-hydrogen) atoms. The van der Waals surface area contributed by atoms with E-state index in [9.17, 15) is 0 Å². The Labute approximate surface area is 123 Å². The summed E-state index contributed by atoms with van der Waals surface area (Å²) in [5, 5.41) is 5.87. The first kappa shape index (κ1) is 13.8. The molecule has 1 saturated carbocycles. The van der Waals surface area contributed by atoms with Crippen molar-refractivity contribution in [3.8, 4) is 0 Å². The van der Waals surface area contributed by atoms with Crippen molar-refractivity contribution in [1.29, 1.82) is 0 Å². The number of nitrogens with one attached hydrogen (secondary N) is 1. The predicted octanol–water partition coefficient (Wildman–Crippen LogP) is 4.69.